The molecule has 0 aromatic carbocycles. The standard InChI is InChI=1S/C22H34O5/c1-3-5-10-14-22(27,4-2)15-13-18-17(19(23)16-20(18)24)11-8-6-7-9-12-21(25)26/h2,13,15,17-18,20,24,27H,3,5-12,14,16H2,1H3,(H,25,26)/t17-,18-,20-,22+/m1/s1. The van der Waals surface area contributed by atoms with E-state index in [4.69, 9.17) is 11.5 Å². The Kier molecular flexibility index (Phi) is 10.4. The third kappa shape index (κ3) is 8.28. The molecule has 5 heteroatoms. The number of carbonyl (C=O) groups is 2. The SMILES string of the molecule is C#C[C@@](O)(C=C[C@H]1[C@H](O)CC(=O)[C@@H]1CCCCCCC(=O)O)CCCCC. The molecule has 0 aromatic rings. The van der Waals surface area contributed by atoms with Crippen LogP contribution in [0.1, 0.15) is 77.6 Å². The van der Waals surface area contributed by atoms with E-state index in [9.17, 15) is 19.8 Å². The van der Waals surface area contributed by atoms with Gasteiger partial charge in [-0.3, -0.25) is 9.59 Å². The molecule has 1 aliphatic rings. The summed E-state index contributed by atoms with van der Waals surface area (Å²) in [6, 6.07) is 0. The molecule has 152 valence electrons. The molecule has 3 N–H and O–H groups in total. The van der Waals surface area contributed by atoms with Crippen LogP contribution in [0.4, 0.5) is 0 Å². The van der Waals surface area contributed by atoms with Crippen LogP contribution in [0.15, 0.2) is 12.2 Å². The normalized spacial score (nSPS) is 24.8. The van der Waals surface area contributed by atoms with Gasteiger partial charge in [-0.25, -0.2) is 0 Å². The minimum atomic E-state index is -1.33. The van der Waals surface area contributed by atoms with Crippen molar-refractivity contribution in [1.82, 2.24) is 0 Å². The second kappa shape index (κ2) is 11.9. The molecule has 0 bridgehead atoms. The van der Waals surface area contributed by atoms with Gasteiger partial charge in [-0.2, -0.15) is 0 Å². The average Bonchev–Trinajstić information content (AvgIpc) is 2.89. The summed E-state index contributed by atoms with van der Waals surface area (Å²) in [6.07, 6.45) is 15.5. The Morgan fingerprint density at radius 1 is 1.26 bits per heavy atom. The van der Waals surface area contributed by atoms with Crippen LogP contribution in [0.3, 0.4) is 0 Å². The van der Waals surface area contributed by atoms with Crippen LogP contribution in [0.25, 0.3) is 0 Å². The zero-order chi connectivity index (χ0) is 20.3. The smallest absolute Gasteiger partial charge is 0.303 e. The molecule has 27 heavy (non-hydrogen) atoms. The van der Waals surface area contributed by atoms with Crippen molar-refractivity contribution in [3.8, 4) is 12.3 Å². The molecule has 4 atom stereocenters. The molecule has 1 rings (SSSR count). The second-order valence-corrected chi connectivity index (χ2v) is 7.65. The van der Waals surface area contributed by atoms with Gasteiger partial charge in [0.1, 0.15) is 11.4 Å². The Bertz CT molecular complexity index is 547. The van der Waals surface area contributed by atoms with Crippen LogP contribution in [0.5, 0.6) is 0 Å². The monoisotopic (exact) mass is 378 g/mol. The van der Waals surface area contributed by atoms with E-state index in [2.05, 4.69) is 12.8 Å². The average molecular weight is 379 g/mol. The zero-order valence-corrected chi connectivity index (χ0v) is 16.4. The van der Waals surface area contributed by atoms with Crippen LogP contribution >= 0.6 is 0 Å². The lowest BCUT2D eigenvalue weighted by Gasteiger charge is -2.21. The van der Waals surface area contributed by atoms with Crippen LogP contribution in [-0.2, 0) is 9.59 Å². The number of terminal acetylenes is 1. The van der Waals surface area contributed by atoms with Gasteiger partial charge in [0.05, 0.1) is 6.10 Å². The van der Waals surface area contributed by atoms with Crippen LogP contribution in [0, 0.1) is 24.2 Å². The first-order valence-corrected chi connectivity index (χ1v) is 10.1. The molecule has 5 nitrogen and oxygen atoms in total. The molecule has 0 radical (unpaired) electrons. The van der Waals surface area contributed by atoms with E-state index in [1.807, 2.05) is 0 Å². The van der Waals surface area contributed by atoms with Crippen molar-refractivity contribution >= 4 is 11.8 Å². The van der Waals surface area contributed by atoms with E-state index >= 15 is 0 Å². The zero-order valence-electron chi connectivity index (χ0n) is 16.4. The number of carboxylic acid groups (broad SMARTS) is 1. The van der Waals surface area contributed by atoms with Gasteiger partial charge in [0.15, 0.2) is 0 Å². The van der Waals surface area contributed by atoms with Gasteiger partial charge in [-0.1, -0.05) is 51.0 Å². The highest BCUT2D eigenvalue weighted by atomic mass is 16.4. The topological polar surface area (TPSA) is 94.8 Å². The number of unbranched alkanes of at least 4 members (excludes halogenated alkanes) is 5. The van der Waals surface area contributed by atoms with Crippen molar-refractivity contribution in [2.24, 2.45) is 11.8 Å². The summed E-state index contributed by atoms with van der Waals surface area (Å²) in [5, 5.41) is 29.4. The molecule has 1 fully saturated rings. The van der Waals surface area contributed by atoms with Crippen molar-refractivity contribution < 1.29 is 24.9 Å². The second-order valence-electron chi connectivity index (χ2n) is 7.65. The summed E-state index contributed by atoms with van der Waals surface area (Å²) in [5.41, 5.74) is -1.33. The third-order valence-corrected chi connectivity index (χ3v) is 5.39. The number of carboxylic acids is 1. The summed E-state index contributed by atoms with van der Waals surface area (Å²) >= 11 is 0. The lowest BCUT2D eigenvalue weighted by molar-refractivity contribution is -0.137. The number of aliphatic hydroxyl groups is 2. The van der Waals surface area contributed by atoms with Crippen molar-refractivity contribution in [3.05, 3.63) is 12.2 Å². The summed E-state index contributed by atoms with van der Waals surface area (Å²) in [4.78, 5) is 22.7. The Hall–Kier alpha value is -1.64. The highest BCUT2D eigenvalue weighted by Gasteiger charge is 2.39. The van der Waals surface area contributed by atoms with Crippen LogP contribution < -0.4 is 0 Å². The number of Topliss-reactive ketones (excluding diaryl/α,β-unsaturated/α-hetero) is 1. The van der Waals surface area contributed by atoms with Gasteiger partial charge >= 0.3 is 5.97 Å². The molecule has 0 aromatic heterocycles. The van der Waals surface area contributed by atoms with Gasteiger partial charge in [0, 0.05) is 24.7 Å². The molecule has 0 saturated heterocycles. The number of hydrogen-bond donors (Lipinski definition) is 3. The summed E-state index contributed by atoms with van der Waals surface area (Å²) in [5.74, 6) is 1.13. The third-order valence-electron chi connectivity index (χ3n) is 5.39. The highest BCUT2D eigenvalue weighted by molar-refractivity contribution is 5.84. The van der Waals surface area contributed by atoms with E-state index in [0.717, 1.165) is 38.5 Å². The molecule has 1 saturated carbocycles. The maximum absolute atomic E-state index is 12.2. The van der Waals surface area contributed by atoms with Gasteiger partial charge in [-0.05, 0) is 31.8 Å². The molecule has 1 aliphatic carbocycles. The molecule has 0 unspecified atom stereocenters. The summed E-state index contributed by atoms with van der Waals surface area (Å²) in [6.45, 7) is 2.08. The van der Waals surface area contributed by atoms with E-state index in [1.165, 1.54) is 0 Å². The van der Waals surface area contributed by atoms with Gasteiger partial charge in [0.25, 0.3) is 0 Å². The fraction of sp³-hybridized carbons (Fsp3) is 0.727. The van der Waals surface area contributed by atoms with E-state index in [1.54, 1.807) is 12.2 Å². The number of aliphatic carboxylic acids is 1. The van der Waals surface area contributed by atoms with Gasteiger partial charge in [0.2, 0.25) is 0 Å². The lowest BCUT2D eigenvalue weighted by atomic mass is 9.86. The van der Waals surface area contributed by atoms with Crippen LogP contribution in [0.2, 0.25) is 0 Å². The predicted octanol–water partition coefficient (Wildman–Crippen LogP) is 3.48. The quantitative estimate of drug-likeness (QED) is 0.259. The molecule has 0 aliphatic heterocycles. The largest absolute Gasteiger partial charge is 0.481 e. The summed E-state index contributed by atoms with van der Waals surface area (Å²) in [7, 11) is 0. The Morgan fingerprint density at radius 2 is 1.96 bits per heavy atom. The van der Waals surface area contributed by atoms with Gasteiger partial charge in [-0.15, -0.1) is 6.42 Å². The first kappa shape index (κ1) is 23.4. The number of aliphatic hydroxyl groups excluding tert-OH is 1. The van der Waals surface area contributed by atoms with Crippen molar-refractivity contribution in [3.63, 3.8) is 0 Å². The number of carbonyl (C=O) groups excluding carboxylic acids is 1. The van der Waals surface area contributed by atoms with Crippen molar-refractivity contribution in [2.45, 2.75) is 89.3 Å². The Balaban J connectivity index is 2.58. The van der Waals surface area contributed by atoms with Gasteiger partial charge < -0.3 is 15.3 Å². The summed E-state index contributed by atoms with van der Waals surface area (Å²) < 4.78 is 0. The molecule has 0 heterocycles. The molecule has 0 amide bonds. The van der Waals surface area contributed by atoms with E-state index < -0.39 is 17.7 Å². The lowest BCUT2D eigenvalue weighted by Crippen LogP contribution is -2.25. The first-order valence-electron chi connectivity index (χ1n) is 10.1. The highest BCUT2D eigenvalue weighted by Crippen LogP contribution is 2.35. The number of hydrogen-bond acceptors (Lipinski definition) is 4. The van der Waals surface area contributed by atoms with E-state index in [0.29, 0.717) is 19.3 Å². The fourth-order valence-electron chi connectivity index (χ4n) is 3.70. The Morgan fingerprint density at radius 3 is 2.59 bits per heavy atom. The number of ketones is 1. The van der Waals surface area contributed by atoms with Crippen molar-refractivity contribution in [2.75, 3.05) is 0 Å². The Labute approximate surface area is 162 Å². The molecular formula is C22H34O5. The van der Waals surface area contributed by atoms with Crippen LogP contribution in [-0.4, -0.2) is 38.8 Å². The number of rotatable bonds is 13. The van der Waals surface area contributed by atoms with Crippen molar-refractivity contribution in [1.29, 1.82) is 0 Å². The molecule has 0 spiro atoms. The molecular weight excluding hydrogens is 344 g/mol. The maximum atomic E-state index is 12.2. The van der Waals surface area contributed by atoms with E-state index in [-0.39, 0.29) is 30.5 Å². The minimum absolute atomic E-state index is 0.0536. The first-order chi connectivity index (χ1) is 12.8. The maximum Gasteiger partial charge on any atom is 0.303 e. The fourth-order valence-corrected chi connectivity index (χ4v) is 3.70. The minimum Gasteiger partial charge on any atom is -0.481 e. The predicted molar refractivity (Wildman–Crippen MR) is 105 cm³/mol.